The topological polar surface area (TPSA) is 54.9 Å². The van der Waals surface area contributed by atoms with Crippen molar-refractivity contribution in [2.75, 3.05) is 27.0 Å². The molecule has 1 saturated carbocycles. The lowest BCUT2D eigenvalue weighted by Gasteiger charge is -2.29. The monoisotopic (exact) mass is 365 g/mol. The molecular formula is C19H31N3O2S. The lowest BCUT2D eigenvalue weighted by atomic mass is 9.95. The molecule has 0 saturated heterocycles. The van der Waals surface area contributed by atoms with E-state index in [9.17, 15) is 0 Å². The molecule has 0 amide bonds. The Kier molecular flexibility index (Phi) is 8.25. The number of rotatable bonds is 7. The maximum Gasteiger partial charge on any atom is 0.191 e. The molecule has 0 heterocycles. The van der Waals surface area contributed by atoms with E-state index in [0.717, 1.165) is 28.3 Å². The van der Waals surface area contributed by atoms with E-state index >= 15 is 0 Å². The summed E-state index contributed by atoms with van der Waals surface area (Å²) in [4.78, 5) is 4.37. The summed E-state index contributed by atoms with van der Waals surface area (Å²) in [5.41, 5.74) is 1.14. The lowest BCUT2D eigenvalue weighted by Crippen LogP contribution is -2.45. The highest BCUT2D eigenvalue weighted by molar-refractivity contribution is 7.99. The van der Waals surface area contributed by atoms with E-state index in [1.54, 1.807) is 7.11 Å². The van der Waals surface area contributed by atoms with Crippen molar-refractivity contribution < 1.29 is 9.47 Å². The standard InChI is InChI=1S/C19H31N3O2S/c1-5-24-18-11-14(9-10-17(18)23-3)13-21-19(20-2)22-15-7-6-8-16(12-15)25-4/h9-11,15-16H,5-8,12-13H2,1-4H3,(H2,20,21,22). The van der Waals surface area contributed by atoms with Crippen molar-refractivity contribution in [1.82, 2.24) is 10.6 Å². The van der Waals surface area contributed by atoms with Crippen molar-refractivity contribution in [1.29, 1.82) is 0 Å². The van der Waals surface area contributed by atoms with Gasteiger partial charge in [0.25, 0.3) is 0 Å². The molecule has 1 fully saturated rings. The molecule has 25 heavy (non-hydrogen) atoms. The van der Waals surface area contributed by atoms with Crippen molar-refractivity contribution >= 4 is 17.7 Å². The van der Waals surface area contributed by atoms with E-state index in [-0.39, 0.29) is 0 Å². The molecule has 2 unspecified atom stereocenters. The molecule has 1 aromatic carbocycles. The second-order valence-electron chi connectivity index (χ2n) is 6.21. The third-order valence-electron chi connectivity index (χ3n) is 4.51. The Labute approximate surface area is 156 Å². The Balaban J connectivity index is 1.91. The average molecular weight is 366 g/mol. The van der Waals surface area contributed by atoms with Crippen LogP contribution in [0.15, 0.2) is 23.2 Å². The second-order valence-corrected chi connectivity index (χ2v) is 7.35. The zero-order chi connectivity index (χ0) is 18.1. The van der Waals surface area contributed by atoms with E-state index in [1.807, 2.05) is 43.9 Å². The molecule has 0 bridgehead atoms. The highest BCUT2D eigenvalue weighted by Crippen LogP contribution is 2.28. The van der Waals surface area contributed by atoms with Crippen molar-refractivity contribution in [3.05, 3.63) is 23.8 Å². The molecule has 1 aromatic rings. The average Bonchev–Trinajstić information content (AvgIpc) is 2.65. The number of benzene rings is 1. The first-order valence-electron chi connectivity index (χ1n) is 8.99. The Morgan fingerprint density at radius 1 is 1.32 bits per heavy atom. The van der Waals surface area contributed by atoms with Gasteiger partial charge in [0.1, 0.15) is 0 Å². The first kappa shape index (κ1) is 19.8. The molecule has 2 rings (SSSR count). The van der Waals surface area contributed by atoms with E-state index < -0.39 is 0 Å². The van der Waals surface area contributed by atoms with Gasteiger partial charge >= 0.3 is 0 Å². The van der Waals surface area contributed by atoms with Crippen LogP contribution in [0.5, 0.6) is 11.5 Å². The third-order valence-corrected chi connectivity index (χ3v) is 5.61. The number of thioether (sulfide) groups is 1. The fourth-order valence-corrected chi connectivity index (χ4v) is 3.99. The van der Waals surface area contributed by atoms with Gasteiger partial charge in [-0.25, -0.2) is 0 Å². The number of ether oxygens (including phenoxy) is 2. The van der Waals surface area contributed by atoms with Crippen LogP contribution in [-0.4, -0.2) is 44.3 Å². The molecule has 6 heteroatoms. The van der Waals surface area contributed by atoms with Gasteiger partial charge in [0.2, 0.25) is 0 Å². The molecule has 1 aliphatic carbocycles. The summed E-state index contributed by atoms with van der Waals surface area (Å²) in [6.45, 7) is 3.29. The van der Waals surface area contributed by atoms with Crippen LogP contribution in [0.2, 0.25) is 0 Å². The van der Waals surface area contributed by atoms with Crippen molar-refractivity contribution in [2.24, 2.45) is 4.99 Å². The molecule has 0 radical (unpaired) electrons. The van der Waals surface area contributed by atoms with Crippen LogP contribution in [0.4, 0.5) is 0 Å². The predicted molar refractivity (Wildman–Crippen MR) is 107 cm³/mol. The van der Waals surface area contributed by atoms with Gasteiger partial charge in [0.05, 0.1) is 13.7 Å². The van der Waals surface area contributed by atoms with E-state index in [4.69, 9.17) is 9.47 Å². The van der Waals surface area contributed by atoms with Gasteiger partial charge in [-0.15, -0.1) is 0 Å². The fourth-order valence-electron chi connectivity index (χ4n) is 3.16. The van der Waals surface area contributed by atoms with E-state index in [0.29, 0.717) is 19.2 Å². The van der Waals surface area contributed by atoms with Gasteiger partial charge in [-0.3, -0.25) is 4.99 Å². The highest BCUT2D eigenvalue weighted by Gasteiger charge is 2.21. The maximum atomic E-state index is 5.65. The molecule has 140 valence electrons. The number of hydrogen-bond donors (Lipinski definition) is 2. The summed E-state index contributed by atoms with van der Waals surface area (Å²) in [5.74, 6) is 2.40. The summed E-state index contributed by atoms with van der Waals surface area (Å²) >= 11 is 1.98. The zero-order valence-electron chi connectivity index (χ0n) is 15.8. The number of hydrogen-bond acceptors (Lipinski definition) is 4. The SMILES string of the molecule is CCOc1cc(CNC(=NC)NC2CCCC(SC)C2)ccc1OC. The normalized spacial score (nSPS) is 20.9. The molecule has 2 N–H and O–H groups in total. The Hall–Kier alpha value is -1.56. The second kappa shape index (κ2) is 10.4. The molecular weight excluding hydrogens is 334 g/mol. The first-order chi connectivity index (χ1) is 12.2. The number of guanidine groups is 1. The molecule has 1 aliphatic rings. The number of aliphatic imine (C=N–C) groups is 1. The van der Waals surface area contributed by atoms with E-state index in [1.165, 1.54) is 25.7 Å². The van der Waals surface area contributed by atoms with Gasteiger partial charge in [-0.1, -0.05) is 12.5 Å². The minimum atomic E-state index is 0.507. The van der Waals surface area contributed by atoms with Crippen LogP contribution < -0.4 is 20.1 Å². The summed E-state index contributed by atoms with van der Waals surface area (Å²) < 4.78 is 11.0. The van der Waals surface area contributed by atoms with Crippen molar-refractivity contribution in [2.45, 2.75) is 50.4 Å². The Bertz CT molecular complexity index is 566. The predicted octanol–water partition coefficient (Wildman–Crippen LogP) is 3.43. The van der Waals surface area contributed by atoms with Crippen molar-refractivity contribution in [3.63, 3.8) is 0 Å². The van der Waals surface area contributed by atoms with Gasteiger partial charge < -0.3 is 20.1 Å². The molecule has 2 atom stereocenters. The number of nitrogens with one attached hydrogen (secondary N) is 2. The molecule has 0 spiro atoms. The summed E-state index contributed by atoms with van der Waals surface area (Å²) in [6, 6.07) is 6.52. The van der Waals surface area contributed by atoms with Crippen molar-refractivity contribution in [3.8, 4) is 11.5 Å². The number of methoxy groups -OCH3 is 1. The lowest BCUT2D eigenvalue weighted by molar-refractivity contribution is 0.310. The van der Waals surface area contributed by atoms with Crippen LogP contribution in [-0.2, 0) is 6.54 Å². The van der Waals surface area contributed by atoms with Crippen LogP contribution >= 0.6 is 11.8 Å². The van der Waals surface area contributed by atoms with Gasteiger partial charge in [0.15, 0.2) is 17.5 Å². The quantitative estimate of drug-likeness (QED) is 0.573. The smallest absolute Gasteiger partial charge is 0.191 e. The molecule has 0 aliphatic heterocycles. The summed E-state index contributed by atoms with van der Waals surface area (Å²) in [6.07, 6.45) is 7.25. The van der Waals surface area contributed by atoms with Crippen LogP contribution in [0.1, 0.15) is 38.2 Å². The van der Waals surface area contributed by atoms with Gasteiger partial charge in [-0.05, 0) is 50.1 Å². The summed E-state index contributed by atoms with van der Waals surface area (Å²) in [5, 5.41) is 7.74. The van der Waals surface area contributed by atoms with Crippen LogP contribution in [0.25, 0.3) is 0 Å². The third kappa shape index (κ3) is 6.03. The van der Waals surface area contributed by atoms with Gasteiger partial charge in [-0.2, -0.15) is 11.8 Å². The van der Waals surface area contributed by atoms with E-state index in [2.05, 4.69) is 21.9 Å². The Morgan fingerprint density at radius 3 is 2.84 bits per heavy atom. The number of nitrogens with zero attached hydrogens (tertiary/aromatic N) is 1. The Morgan fingerprint density at radius 2 is 2.16 bits per heavy atom. The van der Waals surface area contributed by atoms with Gasteiger partial charge in [0, 0.05) is 24.9 Å². The zero-order valence-corrected chi connectivity index (χ0v) is 16.6. The van der Waals surface area contributed by atoms with Crippen LogP contribution in [0, 0.1) is 0 Å². The minimum Gasteiger partial charge on any atom is -0.493 e. The first-order valence-corrected chi connectivity index (χ1v) is 10.3. The highest BCUT2D eigenvalue weighted by atomic mass is 32.2. The molecule has 5 nitrogen and oxygen atoms in total. The maximum absolute atomic E-state index is 5.65. The minimum absolute atomic E-state index is 0.507. The summed E-state index contributed by atoms with van der Waals surface area (Å²) in [7, 11) is 3.48. The molecule has 0 aromatic heterocycles. The van der Waals surface area contributed by atoms with Crippen LogP contribution in [0.3, 0.4) is 0 Å². The largest absolute Gasteiger partial charge is 0.493 e. The fraction of sp³-hybridized carbons (Fsp3) is 0.632.